The number of guanidine groups is 2. The first-order chi connectivity index (χ1) is 20.3. The molecule has 4 atom stereocenters. The van der Waals surface area contributed by atoms with Crippen molar-refractivity contribution < 1.29 is 29.1 Å². The van der Waals surface area contributed by atoms with Crippen molar-refractivity contribution in [2.45, 2.75) is 69.1 Å². The van der Waals surface area contributed by atoms with Crippen LogP contribution in [0.25, 0.3) is 0 Å². The molecule has 0 aliphatic heterocycles. The highest BCUT2D eigenvalue weighted by Gasteiger charge is 2.30. The maximum atomic E-state index is 13.4. The summed E-state index contributed by atoms with van der Waals surface area (Å²) >= 11 is 0. The molecule has 0 bridgehead atoms. The predicted molar refractivity (Wildman–Crippen MR) is 160 cm³/mol. The molecular weight excluding hydrogens is 562 g/mol. The third-order valence-corrected chi connectivity index (χ3v) is 6.09. The normalized spacial score (nSPS) is 13.3. The monoisotopic (exact) mass is 605 g/mol. The molecule has 1 aromatic rings. The molecule has 0 aliphatic rings. The van der Waals surface area contributed by atoms with Crippen LogP contribution in [0.5, 0.6) is 0 Å². The van der Waals surface area contributed by atoms with E-state index in [0.717, 1.165) is 5.56 Å². The minimum atomic E-state index is -1.44. The molecule has 0 saturated heterocycles. The number of aliphatic carboxylic acids is 1. The summed E-state index contributed by atoms with van der Waals surface area (Å²) in [5.74, 6) is -4.60. The molecule has 0 heterocycles. The quantitative estimate of drug-likeness (QED) is 0.0394. The van der Waals surface area contributed by atoms with Crippen LogP contribution < -0.4 is 50.4 Å². The first kappa shape index (κ1) is 36.1. The van der Waals surface area contributed by atoms with Gasteiger partial charge in [-0.15, -0.1) is 0 Å². The van der Waals surface area contributed by atoms with Gasteiger partial charge < -0.3 is 55.5 Å². The Kier molecular flexibility index (Phi) is 16.1. The molecule has 0 radical (unpaired) electrons. The third kappa shape index (κ3) is 15.6. The number of aliphatic imine (C=N–C) groups is 2. The number of carboxylic acid groups (broad SMARTS) is 1. The van der Waals surface area contributed by atoms with Crippen molar-refractivity contribution in [3.63, 3.8) is 0 Å². The molecule has 16 N–H and O–H groups in total. The Hall–Kier alpha value is -4.93. The zero-order chi connectivity index (χ0) is 32.4. The molecule has 17 nitrogen and oxygen atoms in total. The molecule has 1 aromatic carbocycles. The van der Waals surface area contributed by atoms with Crippen molar-refractivity contribution in [1.82, 2.24) is 16.0 Å². The van der Waals surface area contributed by atoms with Crippen LogP contribution in [0.1, 0.15) is 44.1 Å². The smallest absolute Gasteiger partial charge is 0.326 e. The number of benzene rings is 1. The van der Waals surface area contributed by atoms with Crippen molar-refractivity contribution >= 4 is 41.5 Å². The van der Waals surface area contributed by atoms with Crippen LogP contribution in [0, 0.1) is 0 Å². The lowest BCUT2D eigenvalue weighted by atomic mass is 10.0. The first-order valence-electron chi connectivity index (χ1n) is 13.6. The van der Waals surface area contributed by atoms with E-state index in [-0.39, 0.29) is 63.5 Å². The molecule has 4 unspecified atom stereocenters. The van der Waals surface area contributed by atoms with Crippen LogP contribution in [0.2, 0.25) is 0 Å². The van der Waals surface area contributed by atoms with E-state index < -0.39 is 53.8 Å². The van der Waals surface area contributed by atoms with Gasteiger partial charge in [0.05, 0.1) is 6.04 Å². The molecule has 4 amide bonds. The Morgan fingerprint density at radius 2 is 1.16 bits per heavy atom. The maximum Gasteiger partial charge on any atom is 0.326 e. The summed E-state index contributed by atoms with van der Waals surface area (Å²) in [6, 6.07) is 4.26. The van der Waals surface area contributed by atoms with Crippen LogP contribution in [-0.4, -0.2) is 83.9 Å². The van der Waals surface area contributed by atoms with Crippen LogP contribution in [0.15, 0.2) is 40.3 Å². The van der Waals surface area contributed by atoms with Crippen LogP contribution in [0.4, 0.5) is 0 Å². The fraction of sp³-hybridized carbons (Fsp3) is 0.500. The topological polar surface area (TPSA) is 323 Å². The number of nitrogens with two attached hydrogens (primary N) is 6. The zero-order valence-electron chi connectivity index (χ0n) is 23.9. The Labute approximate surface area is 249 Å². The van der Waals surface area contributed by atoms with Gasteiger partial charge in [-0.05, 0) is 44.1 Å². The maximum absolute atomic E-state index is 13.4. The third-order valence-electron chi connectivity index (χ3n) is 6.09. The van der Waals surface area contributed by atoms with Gasteiger partial charge in [0.2, 0.25) is 23.6 Å². The number of nitrogens with zero attached hydrogens (tertiary/aromatic N) is 2. The van der Waals surface area contributed by atoms with Crippen LogP contribution in [0.3, 0.4) is 0 Å². The number of amides is 4. The molecule has 0 fully saturated rings. The van der Waals surface area contributed by atoms with Crippen molar-refractivity contribution in [2.75, 3.05) is 13.1 Å². The molecule has 0 spiro atoms. The number of primary amides is 1. The minimum absolute atomic E-state index is 0.0126. The van der Waals surface area contributed by atoms with Crippen LogP contribution in [-0.2, 0) is 30.4 Å². The average Bonchev–Trinajstić information content (AvgIpc) is 2.93. The Bertz CT molecular complexity index is 1140. The van der Waals surface area contributed by atoms with Gasteiger partial charge >= 0.3 is 5.97 Å². The van der Waals surface area contributed by atoms with E-state index in [1.807, 2.05) is 18.2 Å². The summed E-state index contributed by atoms with van der Waals surface area (Å²) in [6.45, 7) is 0.291. The lowest BCUT2D eigenvalue weighted by molar-refractivity contribution is -0.142. The number of hydrogen-bond acceptors (Lipinski definition) is 8. The van der Waals surface area contributed by atoms with Crippen LogP contribution >= 0.6 is 0 Å². The van der Waals surface area contributed by atoms with Gasteiger partial charge in [-0.1, -0.05) is 30.3 Å². The number of hydrogen-bond donors (Lipinski definition) is 10. The van der Waals surface area contributed by atoms with E-state index in [1.54, 1.807) is 12.1 Å². The first-order valence-corrected chi connectivity index (χ1v) is 13.6. The van der Waals surface area contributed by atoms with Gasteiger partial charge in [0.15, 0.2) is 11.9 Å². The van der Waals surface area contributed by atoms with Crippen molar-refractivity contribution in [2.24, 2.45) is 44.4 Å². The minimum Gasteiger partial charge on any atom is -0.480 e. The highest BCUT2D eigenvalue weighted by atomic mass is 16.4. The average molecular weight is 606 g/mol. The highest BCUT2D eigenvalue weighted by molar-refractivity contribution is 5.94. The Morgan fingerprint density at radius 3 is 1.60 bits per heavy atom. The summed E-state index contributed by atoms with van der Waals surface area (Å²) in [7, 11) is 0. The predicted octanol–water partition coefficient (Wildman–Crippen LogP) is -3.53. The standard InChI is InChI=1S/C26H43N11O6/c27-16(14-15-6-2-1-3-7-15)21(39)35-17(8-4-12-33-25(29)30)22(40)36-18(9-5-13-34-26(31)32)23(41)37-19(24(42)43)10-11-20(28)38/h1-3,6-7,16-19H,4-5,8-14,27H2,(H2,28,38)(H,35,39)(H,36,40)(H,37,41)(H,42,43)(H4,29,30,33)(H4,31,32,34). The fourth-order valence-electron chi connectivity index (χ4n) is 3.87. The summed E-state index contributed by atoms with van der Waals surface area (Å²) in [5.41, 5.74) is 33.4. The van der Waals surface area contributed by atoms with Gasteiger partial charge in [0, 0.05) is 19.5 Å². The number of carbonyl (C=O) groups excluding carboxylic acids is 4. The summed E-state index contributed by atoms with van der Waals surface area (Å²) in [5, 5.41) is 17.0. The second-order valence-electron chi connectivity index (χ2n) is 9.72. The molecule has 0 aromatic heterocycles. The lowest BCUT2D eigenvalue weighted by Crippen LogP contribution is -2.57. The van der Waals surface area contributed by atoms with E-state index in [4.69, 9.17) is 34.4 Å². The number of carboxylic acids is 1. The number of carbonyl (C=O) groups is 5. The van der Waals surface area contributed by atoms with E-state index in [9.17, 15) is 29.1 Å². The van der Waals surface area contributed by atoms with E-state index >= 15 is 0 Å². The van der Waals surface area contributed by atoms with Crippen molar-refractivity contribution in [3.8, 4) is 0 Å². The SMILES string of the molecule is NC(=O)CCC(NC(=O)C(CCCN=C(N)N)NC(=O)C(CCCN=C(N)N)NC(=O)C(N)Cc1ccccc1)C(=O)O. The Morgan fingerprint density at radius 1 is 0.698 bits per heavy atom. The van der Waals surface area contributed by atoms with Gasteiger partial charge in [-0.2, -0.15) is 0 Å². The van der Waals surface area contributed by atoms with E-state index in [2.05, 4.69) is 25.9 Å². The number of rotatable bonds is 20. The molecule has 0 aliphatic carbocycles. The second kappa shape index (κ2) is 19.2. The van der Waals surface area contributed by atoms with E-state index in [0.29, 0.717) is 6.42 Å². The van der Waals surface area contributed by atoms with Gasteiger partial charge in [-0.3, -0.25) is 29.2 Å². The fourth-order valence-corrected chi connectivity index (χ4v) is 3.87. The van der Waals surface area contributed by atoms with Crippen molar-refractivity contribution in [3.05, 3.63) is 35.9 Å². The Balaban J connectivity index is 3.10. The number of nitrogens with one attached hydrogen (secondary N) is 3. The highest BCUT2D eigenvalue weighted by Crippen LogP contribution is 2.07. The second-order valence-corrected chi connectivity index (χ2v) is 9.72. The summed E-state index contributed by atoms with van der Waals surface area (Å²) in [6.07, 6.45) is 0.300. The van der Waals surface area contributed by atoms with E-state index in [1.165, 1.54) is 0 Å². The van der Waals surface area contributed by atoms with Gasteiger partial charge in [0.25, 0.3) is 0 Å². The molecule has 43 heavy (non-hydrogen) atoms. The lowest BCUT2D eigenvalue weighted by Gasteiger charge is -2.25. The molecular formula is C26H43N11O6. The molecule has 0 saturated carbocycles. The molecule has 1 rings (SSSR count). The summed E-state index contributed by atoms with van der Waals surface area (Å²) in [4.78, 5) is 70.0. The largest absolute Gasteiger partial charge is 0.480 e. The van der Waals surface area contributed by atoms with Crippen molar-refractivity contribution in [1.29, 1.82) is 0 Å². The van der Waals surface area contributed by atoms with Gasteiger partial charge in [-0.25, -0.2) is 4.79 Å². The molecule has 238 valence electrons. The van der Waals surface area contributed by atoms with Gasteiger partial charge in [0.1, 0.15) is 18.1 Å². The zero-order valence-corrected chi connectivity index (χ0v) is 23.9. The molecule has 17 heteroatoms. The summed E-state index contributed by atoms with van der Waals surface area (Å²) < 4.78 is 0.